The van der Waals surface area contributed by atoms with Gasteiger partial charge in [-0.25, -0.2) is 0 Å². The topological polar surface area (TPSA) is 51.0 Å². The average molecular weight is 263 g/mol. The van der Waals surface area contributed by atoms with Gasteiger partial charge in [0.15, 0.2) is 5.16 Å². The Labute approximate surface area is 105 Å². The standard InChI is InChI=1S/C9H14N4OS.ClH/c1-12-7-10-11-9(12)15-6-8(14)13-4-2-3-5-13;/h7H,2-6H2,1H3;1H. The van der Waals surface area contributed by atoms with E-state index in [0.29, 0.717) is 5.75 Å². The van der Waals surface area contributed by atoms with Crippen LogP contribution in [-0.2, 0) is 11.8 Å². The van der Waals surface area contributed by atoms with Crippen molar-refractivity contribution < 1.29 is 4.79 Å². The van der Waals surface area contributed by atoms with Crippen LogP contribution in [0.5, 0.6) is 0 Å². The van der Waals surface area contributed by atoms with E-state index in [1.807, 2.05) is 16.5 Å². The highest BCUT2D eigenvalue weighted by atomic mass is 35.5. The molecule has 0 radical (unpaired) electrons. The molecule has 2 rings (SSSR count). The van der Waals surface area contributed by atoms with E-state index in [2.05, 4.69) is 10.2 Å². The molecule has 0 bridgehead atoms. The molecule has 1 aliphatic rings. The van der Waals surface area contributed by atoms with Gasteiger partial charge in [0.2, 0.25) is 5.91 Å². The maximum absolute atomic E-state index is 11.7. The quantitative estimate of drug-likeness (QED) is 0.761. The summed E-state index contributed by atoms with van der Waals surface area (Å²) in [5, 5.41) is 8.48. The minimum atomic E-state index is 0. The molecule has 5 nitrogen and oxygen atoms in total. The molecule has 1 aromatic rings. The number of carbonyl (C=O) groups is 1. The SMILES string of the molecule is Cl.Cn1cnnc1SCC(=O)N1CCCC1. The molecule has 1 aliphatic heterocycles. The van der Waals surface area contributed by atoms with Crippen LogP contribution < -0.4 is 0 Å². The minimum Gasteiger partial charge on any atom is -0.342 e. The third-order valence-corrected chi connectivity index (χ3v) is 3.47. The van der Waals surface area contributed by atoms with Gasteiger partial charge in [0.25, 0.3) is 0 Å². The first-order valence-corrected chi connectivity index (χ1v) is 6.00. The second-order valence-electron chi connectivity index (χ2n) is 3.60. The van der Waals surface area contributed by atoms with Gasteiger partial charge in [-0.3, -0.25) is 4.79 Å². The van der Waals surface area contributed by atoms with Gasteiger partial charge in [-0.2, -0.15) is 0 Å². The van der Waals surface area contributed by atoms with E-state index in [4.69, 9.17) is 0 Å². The third kappa shape index (κ3) is 3.12. The molecule has 16 heavy (non-hydrogen) atoms. The number of hydrogen-bond donors (Lipinski definition) is 0. The predicted octanol–water partition coefficient (Wildman–Crippen LogP) is 0.951. The minimum absolute atomic E-state index is 0. The summed E-state index contributed by atoms with van der Waals surface area (Å²) in [5.41, 5.74) is 0. The van der Waals surface area contributed by atoms with E-state index in [1.54, 1.807) is 6.33 Å². The Balaban J connectivity index is 0.00000128. The lowest BCUT2D eigenvalue weighted by Crippen LogP contribution is -2.29. The van der Waals surface area contributed by atoms with E-state index in [1.165, 1.54) is 11.8 Å². The van der Waals surface area contributed by atoms with Crippen molar-refractivity contribution >= 4 is 30.1 Å². The molecule has 0 aromatic carbocycles. The second-order valence-corrected chi connectivity index (χ2v) is 4.54. The number of hydrogen-bond acceptors (Lipinski definition) is 4. The van der Waals surface area contributed by atoms with Crippen LogP contribution in [0, 0.1) is 0 Å². The Morgan fingerprint density at radius 3 is 2.75 bits per heavy atom. The zero-order valence-corrected chi connectivity index (χ0v) is 10.8. The fourth-order valence-electron chi connectivity index (χ4n) is 1.59. The number of amides is 1. The Hall–Kier alpha value is -0.750. The van der Waals surface area contributed by atoms with Crippen LogP contribution in [0.4, 0.5) is 0 Å². The van der Waals surface area contributed by atoms with Crippen LogP contribution in [0.2, 0.25) is 0 Å². The van der Waals surface area contributed by atoms with Crippen LogP contribution in [0.15, 0.2) is 11.5 Å². The molecule has 0 atom stereocenters. The van der Waals surface area contributed by atoms with Crippen LogP contribution in [0.1, 0.15) is 12.8 Å². The van der Waals surface area contributed by atoms with Crippen molar-refractivity contribution in [2.45, 2.75) is 18.0 Å². The molecule has 2 heterocycles. The first kappa shape index (κ1) is 13.3. The maximum atomic E-state index is 11.7. The molecule has 1 saturated heterocycles. The first-order chi connectivity index (χ1) is 7.27. The Morgan fingerprint density at radius 2 is 2.19 bits per heavy atom. The summed E-state index contributed by atoms with van der Waals surface area (Å²) < 4.78 is 1.82. The second kappa shape index (κ2) is 6.10. The highest BCUT2D eigenvalue weighted by molar-refractivity contribution is 7.99. The van der Waals surface area contributed by atoms with Crippen molar-refractivity contribution in [2.24, 2.45) is 7.05 Å². The van der Waals surface area contributed by atoms with E-state index < -0.39 is 0 Å². The Morgan fingerprint density at radius 1 is 1.50 bits per heavy atom. The zero-order chi connectivity index (χ0) is 10.7. The Kier molecular flexibility index (Phi) is 5.08. The van der Waals surface area contributed by atoms with E-state index in [9.17, 15) is 4.79 Å². The molecule has 0 N–H and O–H groups in total. The summed E-state index contributed by atoms with van der Waals surface area (Å²) in [5.74, 6) is 0.674. The number of nitrogens with zero attached hydrogens (tertiary/aromatic N) is 4. The number of aryl methyl sites for hydroxylation is 1. The zero-order valence-electron chi connectivity index (χ0n) is 9.13. The molecule has 1 aromatic heterocycles. The molecule has 0 unspecified atom stereocenters. The lowest BCUT2D eigenvalue weighted by atomic mass is 10.4. The van der Waals surface area contributed by atoms with Crippen molar-refractivity contribution in [3.05, 3.63) is 6.33 Å². The summed E-state index contributed by atoms with van der Waals surface area (Å²) in [6, 6.07) is 0. The van der Waals surface area contributed by atoms with Gasteiger partial charge in [0.05, 0.1) is 5.75 Å². The number of carbonyl (C=O) groups excluding carboxylic acids is 1. The smallest absolute Gasteiger partial charge is 0.233 e. The van der Waals surface area contributed by atoms with Gasteiger partial charge in [0.1, 0.15) is 6.33 Å². The molecule has 90 valence electrons. The number of aromatic nitrogens is 3. The highest BCUT2D eigenvalue weighted by Gasteiger charge is 2.18. The van der Waals surface area contributed by atoms with Gasteiger partial charge >= 0.3 is 0 Å². The number of rotatable bonds is 3. The van der Waals surface area contributed by atoms with Crippen LogP contribution in [0.25, 0.3) is 0 Å². The molecular weight excluding hydrogens is 248 g/mol. The lowest BCUT2D eigenvalue weighted by Gasteiger charge is -2.14. The molecule has 1 amide bonds. The van der Waals surface area contributed by atoms with Crippen molar-refractivity contribution in [3.8, 4) is 0 Å². The molecular formula is C9H15ClN4OS. The Bertz CT molecular complexity index is 351. The largest absolute Gasteiger partial charge is 0.342 e. The van der Waals surface area contributed by atoms with E-state index in [0.717, 1.165) is 31.1 Å². The van der Waals surface area contributed by atoms with Gasteiger partial charge in [0, 0.05) is 20.1 Å². The monoisotopic (exact) mass is 262 g/mol. The van der Waals surface area contributed by atoms with Crippen LogP contribution in [0.3, 0.4) is 0 Å². The highest BCUT2D eigenvalue weighted by Crippen LogP contribution is 2.16. The first-order valence-electron chi connectivity index (χ1n) is 5.02. The molecule has 0 aliphatic carbocycles. The van der Waals surface area contributed by atoms with Gasteiger partial charge in [-0.1, -0.05) is 11.8 Å². The van der Waals surface area contributed by atoms with Crippen molar-refractivity contribution in [1.82, 2.24) is 19.7 Å². The van der Waals surface area contributed by atoms with Crippen LogP contribution in [-0.4, -0.2) is 44.4 Å². The predicted molar refractivity (Wildman–Crippen MR) is 64.8 cm³/mol. The summed E-state index contributed by atoms with van der Waals surface area (Å²) >= 11 is 1.45. The fraction of sp³-hybridized carbons (Fsp3) is 0.667. The van der Waals surface area contributed by atoms with E-state index >= 15 is 0 Å². The van der Waals surface area contributed by atoms with Crippen molar-refractivity contribution in [1.29, 1.82) is 0 Å². The molecule has 7 heteroatoms. The molecule has 0 saturated carbocycles. The fourth-order valence-corrected chi connectivity index (χ4v) is 2.38. The van der Waals surface area contributed by atoms with Gasteiger partial charge in [-0.05, 0) is 12.8 Å². The average Bonchev–Trinajstić information content (AvgIpc) is 2.85. The van der Waals surface area contributed by atoms with E-state index in [-0.39, 0.29) is 18.3 Å². The van der Waals surface area contributed by atoms with Crippen molar-refractivity contribution in [3.63, 3.8) is 0 Å². The molecule has 0 spiro atoms. The third-order valence-electron chi connectivity index (χ3n) is 2.45. The number of thioether (sulfide) groups is 1. The van der Waals surface area contributed by atoms with Gasteiger partial charge in [-0.15, -0.1) is 22.6 Å². The maximum Gasteiger partial charge on any atom is 0.233 e. The van der Waals surface area contributed by atoms with Gasteiger partial charge < -0.3 is 9.47 Å². The number of halogens is 1. The summed E-state index contributed by atoms with van der Waals surface area (Å²) in [6.45, 7) is 1.83. The lowest BCUT2D eigenvalue weighted by molar-refractivity contribution is -0.127. The summed E-state index contributed by atoms with van der Waals surface area (Å²) in [7, 11) is 1.88. The van der Waals surface area contributed by atoms with Crippen LogP contribution >= 0.6 is 24.2 Å². The number of likely N-dealkylation sites (tertiary alicyclic amines) is 1. The normalized spacial score (nSPS) is 14.9. The summed E-state index contributed by atoms with van der Waals surface area (Å²) in [6.07, 6.45) is 3.92. The molecule has 1 fully saturated rings. The van der Waals surface area contributed by atoms with Crippen molar-refractivity contribution in [2.75, 3.05) is 18.8 Å². The summed E-state index contributed by atoms with van der Waals surface area (Å²) in [4.78, 5) is 13.6.